The summed E-state index contributed by atoms with van der Waals surface area (Å²) in [6.45, 7) is 0. The van der Waals surface area contributed by atoms with E-state index < -0.39 is 0 Å². The lowest BCUT2D eigenvalue weighted by Gasteiger charge is -1.92. The first-order chi connectivity index (χ1) is 7.78. The molecule has 1 aromatic heterocycles. The Morgan fingerprint density at radius 1 is 1.19 bits per heavy atom. The third-order valence-corrected chi connectivity index (χ3v) is 2.52. The number of alkyl halides is 1. The minimum Gasteiger partial charge on any atom is -0.445 e. The summed E-state index contributed by atoms with van der Waals surface area (Å²) in [5.74, 6) is 0.906. The second-order valence-corrected chi connectivity index (χ2v) is 3.90. The maximum Gasteiger partial charge on any atom is 0.218 e. The van der Waals surface area contributed by atoms with Crippen molar-refractivity contribution in [1.82, 2.24) is 4.98 Å². The molecule has 0 spiro atoms. The molecule has 0 N–H and O–H groups in total. The van der Waals surface area contributed by atoms with Crippen LogP contribution in [0.15, 0.2) is 34.9 Å². The van der Waals surface area contributed by atoms with Gasteiger partial charge in [0.25, 0.3) is 0 Å². The van der Waals surface area contributed by atoms with Crippen molar-refractivity contribution >= 4 is 35.4 Å². The van der Waals surface area contributed by atoms with E-state index in [-0.39, 0.29) is 0 Å². The third-order valence-electron chi connectivity index (χ3n) is 1.99. The molecule has 2 aromatic rings. The second-order valence-electron chi connectivity index (χ2n) is 3.20. The quantitative estimate of drug-likeness (QED) is 0.765. The molecule has 1 aromatic carbocycles. The molecular weight excluding hydrogens is 245 g/mol. The number of aromatic nitrogens is 1. The largest absolute Gasteiger partial charge is 0.445 e. The first-order valence-electron chi connectivity index (χ1n) is 4.72. The maximum absolute atomic E-state index is 5.78. The highest BCUT2D eigenvalue weighted by molar-refractivity contribution is 6.30. The van der Waals surface area contributed by atoms with Crippen molar-refractivity contribution < 1.29 is 4.42 Å². The van der Waals surface area contributed by atoms with E-state index in [4.69, 9.17) is 27.6 Å². The third kappa shape index (κ3) is 2.87. The smallest absolute Gasteiger partial charge is 0.218 e. The zero-order valence-corrected chi connectivity index (χ0v) is 9.87. The first kappa shape index (κ1) is 11.2. The fourth-order valence-electron chi connectivity index (χ4n) is 1.20. The Morgan fingerprint density at radius 2 is 1.94 bits per heavy atom. The Balaban J connectivity index is 2.11. The van der Waals surface area contributed by atoms with Gasteiger partial charge in [0.1, 0.15) is 6.26 Å². The predicted octanol–water partition coefficient (Wildman–Crippen LogP) is 4.24. The van der Waals surface area contributed by atoms with Gasteiger partial charge in [-0.2, -0.15) is 0 Å². The zero-order chi connectivity index (χ0) is 11.4. The average Bonchev–Trinajstić information content (AvgIpc) is 2.76. The highest BCUT2D eigenvalue weighted by Crippen LogP contribution is 2.13. The summed E-state index contributed by atoms with van der Waals surface area (Å²) in [7, 11) is 0. The highest BCUT2D eigenvalue weighted by atomic mass is 35.5. The van der Waals surface area contributed by atoms with Crippen LogP contribution >= 0.6 is 23.2 Å². The normalized spacial score (nSPS) is 11.1. The van der Waals surface area contributed by atoms with Crippen LogP contribution in [0.2, 0.25) is 5.02 Å². The summed E-state index contributed by atoms with van der Waals surface area (Å²) < 4.78 is 5.19. The van der Waals surface area contributed by atoms with Crippen LogP contribution in [0.4, 0.5) is 0 Å². The minimum absolute atomic E-state index is 0.359. The Kier molecular flexibility index (Phi) is 3.65. The van der Waals surface area contributed by atoms with Crippen molar-refractivity contribution in [1.29, 1.82) is 0 Å². The van der Waals surface area contributed by atoms with Gasteiger partial charge in [-0.15, -0.1) is 11.6 Å². The van der Waals surface area contributed by atoms with Gasteiger partial charge in [-0.3, -0.25) is 0 Å². The Morgan fingerprint density at radius 3 is 2.56 bits per heavy atom. The molecular formula is C12H9Cl2NO. The molecule has 0 unspecified atom stereocenters. The summed E-state index contributed by atoms with van der Waals surface area (Å²) in [6, 6.07) is 7.51. The SMILES string of the molecule is ClCc1coc(/C=C/c2ccc(Cl)cc2)n1. The van der Waals surface area contributed by atoms with Gasteiger partial charge >= 0.3 is 0 Å². The fourth-order valence-corrected chi connectivity index (χ4v) is 1.45. The molecule has 0 atom stereocenters. The van der Waals surface area contributed by atoms with Crippen LogP contribution in [0.1, 0.15) is 17.1 Å². The van der Waals surface area contributed by atoms with Gasteiger partial charge in [0.2, 0.25) is 5.89 Å². The predicted molar refractivity (Wildman–Crippen MR) is 66.4 cm³/mol. The van der Waals surface area contributed by atoms with Crippen LogP contribution < -0.4 is 0 Å². The van der Waals surface area contributed by atoms with Crippen LogP contribution in [-0.4, -0.2) is 4.98 Å². The molecule has 2 nitrogen and oxygen atoms in total. The van der Waals surface area contributed by atoms with Gasteiger partial charge < -0.3 is 4.42 Å². The maximum atomic E-state index is 5.78. The summed E-state index contributed by atoms with van der Waals surface area (Å²) in [5.41, 5.74) is 1.77. The van der Waals surface area contributed by atoms with E-state index in [1.807, 2.05) is 30.3 Å². The Labute approximate surface area is 104 Å². The van der Waals surface area contributed by atoms with Crippen molar-refractivity contribution in [2.75, 3.05) is 0 Å². The van der Waals surface area contributed by atoms with Crippen molar-refractivity contribution in [2.45, 2.75) is 5.88 Å². The topological polar surface area (TPSA) is 26.0 Å². The molecule has 0 amide bonds. The molecule has 0 radical (unpaired) electrons. The van der Waals surface area contributed by atoms with Crippen LogP contribution in [0, 0.1) is 0 Å². The molecule has 0 aliphatic carbocycles. The van der Waals surface area contributed by atoms with E-state index in [0.717, 1.165) is 16.3 Å². The van der Waals surface area contributed by atoms with Crippen LogP contribution in [0.25, 0.3) is 12.2 Å². The van der Waals surface area contributed by atoms with Gasteiger partial charge in [0.15, 0.2) is 0 Å². The number of oxazole rings is 1. The summed E-state index contributed by atoms with van der Waals surface area (Å²) >= 11 is 11.4. The monoisotopic (exact) mass is 253 g/mol. The number of nitrogens with zero attached hydrogens (tertiary/aromatic N) is 1. The minimum atomic E-state index is 0.359. The Hall–Kier alpha value is -1.25. The number of hydrogen-bond acceptors (Lipinski definition) is 2. The Bertz CT molecular complexity index is 488. The average molecular weight is 254 g/mol. The van der Waals surface area contributed by atoms with E-state index in [1.165, 1.54) is 0 Å². The fraction of sp³-hybridized carbons (Fsp3) is 0.0833. The molecule has 0 fully saturated rings. The van der Waals surface area contributed by atoms with E-state index in [2.05, 4.69) is 4.98 Å². The molecule has 1 heterocycles. The van der Waals surface area contributed by atoms with Crippen LogP contribution in [0.5, 0.6) is 0 Å². The van der Waals surface area contributed by atoms with Crippen molar-refractivity contribution in [3.63, 3.8) is 0 Å². The van der Waals surface area contributed by atoms with Crippen LogP contribution in [0.3, 0.4) is 0 Å². The molecule has 2 rings (SSSR count). The molecule has 0 saturated carbocycles. The lowest BCUT2D eigenvalue weighted by atomic mass is 10.2. The number of rotatable bonds is 3. The molecule has 0 aliphatic rings. The second kappa shape index (κ2) is 5.19. The van der Waals surface area contributed by atoms with E-state index in [1.54, 1.807) is 12.3 Å². The van der Waals surface area contributed by atoms with E-state index >= 15 is 0 Å². The van der Waals surface area contributed by atoms with Crippen molar-refractivity contribution in [2.24, 2.45) is 0 Å². The molecule has 0 aliphatic heterocycles. The summed E-state index contributed by atoms with van der Waals surface area (Å²) in [6.07, 6.45) is 5.24. The molecule has 0 bridgehead atoms. The number of halogens is 2. The van der Waals surface area contributed by atoms with Crippen molar-refractivity contribution in [3.8, 4) is 0 Å². The van der Waals surface area contributed by atoms with Gasteiger partial charge in [0.05, 0.1) is 11.6 Å². The zero-order valence-electron chi connectivity index (χ0n) is 8.36. The van der Waals surface area contributed by atoms with Crippen molar-refractivity contribution in [3.05, 3.63) is 52.7 Å². The number of benzene rings is 1. The summed E-state index contributed by atoms with van der Waals surface area (Å²) in [4.78, 5) is 4.15. The van der Waals surface area contributed by atoms with Gasteiger partial charge in [-0.05, 0) is 23.8 Å². The lowest BCUT2D eigenvalue weighted by molar-refractivity contribution is 0.546. The molecule has 0 saturated heterocycles. The van der Waals surface area contributed by atoms with E-state index in [9.17, 15) is 0 Å². The highest BCUT2D eigenvalue weighted by Gasteiger charge is 1.98. The van der Waals surface area contributed by atoms with E-state index in [0.29, 0.717) is 11.8 Å². The van der Waals surface area contributed by atoms with Gasteiger partial charge in [-0.1, -0.05) is 23.7 Å². The lowest BCUT2D eigenvalue weighted by Crippen LogP contribution is -1.76. The van der Waals surface area contributed by atoms with Gasteiger partial charge in [-0.25, -0.2) is 4.98 Å². The van der Waals surface area contributed by atoms with Gasteiger partial charge in [0, 0.05) is 11.1 Å². The van der Waals surface area contributed by atoms with Crippen LogP contribution in [-0.2, 0) is 5.88 Å². The molecule has 82 valence electrons. The molecule has 16 heavy (non-hydrogen) atoms. The summed E-state index contributed by atoms with van der Waals surface area (Å²) in [5, 5.41) is 0.720. The standard InChI is InChI=1S/C12H9Cl2NO/c13-7-11-8-16-12(15-11)6-3-9-1-4-10(14)5-2-9/h1-6,8H,7H2/b6-3+. The molecule has 4 heteroatoms. The number of hydrogen-bond donors (Lipinski definition) is 0. The first-order valence-corrected chi connectivity index (χ1v) is 5.63.